The second kappa shape index (κ2) is 6.71. The molecule has 1 atom stereocenters. The van der Waals surface area contributed by atoms with Crippen molar-refractivity contribution >= 4 is 5.91 Å². The van der Waals surface area contributed by atoms with Crippen LogP contribution in [0.4, 0.5) is 0 Å². The smallest absolute Gasteiger partial charge is 0.220 e. The molecule has 0 bridgehead atoms. The maximum atomic E-state index is 11.6. The maximum absolute atomic E-state index is 11.6. The molecule has 1 amide bonds. The molecule has 0 aromatic heterocycles. The molecule has 104 valence electrons. The summed E-state index contributed by atoms with van der Waals surface area (Å²) in [6.07, 6.45) is 5.16. The van der Waals surface area contributed by atoms with Crippen LogP contribution in [0.5, 0.6) is 0 Å². The fourth-order valence-electron chi connectivity index (χ4n) is 2.60. The lowest BCUT2D eigenvalue weighted by atomic mass is 10.0. The van der Waals surface area contributed by atoms with Gasteiger partial charge >= 0.3 is 0 Å². The van der Waals surface area contributed by atoms with E-state index in [9.17, 15) is 4.79 Å². The average Bonchev–Trinajstić information content (AvgIpc) is 2.86. The van der Waals surface area contributed by atoms with Crippen molar-refractivity contribution in [2.45, 2.75) is 39.0 Å². The largest absolute Gasteiger partial charge is 0.356 e. The van der Waals surface area contributed by atoms with Gasteiger partial charge in [0.05, 0.1) is 0 Å². The monoisotopic (exact) mass is 260 g/mol. The fraction of sp³-hybridized carbons (Fsp3) is 0.562. The van der Waals surface area contributed by atoms with Crippen LogP contribution in [0.2, 0.25) is 0 Å². The highest BCUT2D eigenvalue weighted by Gasteiger charge is 2.11. The molecule has 2 rings (SSSR count). The number of hydrogen-bond acceptors (Lipinski definition) is 2. The molecule has 1 aliphatic carbocycles. The number of rotatable bonds is 6. The number of aryl methyl sites for hydroxylation is 2. The molecule has 0 radical (unpaired) electrons. The van der Waals surface area contributed by atoms with Gasteiger partial charge in [-0.3, -0.25) is 4.79 Å². The first-order valence-electron chi connectivity index (χ1n) is 7.26. The van der Waals surface area contributed by atoms with Crippen LogP contribution in [0.1, 0.15) is 36.5 Å². The maximum Gasteiger partial charge on any atom is 0.220 e. The quantitative estimate of drug-likeness (QED) is 0.819. The van der Waals surface area contributed by atoms with E-state index in [2.05, 4.69) is 23.5 Å². The van der Waals surface area contributed by atoms with Gasteiger partial charge in [0.1, 0.15) is 0 Å². The number of hydrogen-bond donors (Lipinski definition) is 2. The van der Waals surface area contributed by atoms with Gasteiger partial charge in [-0.2, -0.15) is 0 Å². The van der Waals surface area contributed by atoms with Crippen molar-refractivity contribution in [2.24, 2.45) is 11.7 Å². The molecular formula is C16H24N2O. The van der Waals surface area contributed by atoms with Crippen LogP contribution in [0.15, 0.2) is 18.2 Å². The van der Waals surface area contributed by atoms with Gasteiger partial charge in [-0.05, 0) is 54.8 Å². The molecule has 0 heterocycles. The Morgan fingerprint density at radius 1 is 1.37 bits per heavy atom. The molecule has 0 saturated heterocycles. The van der Waals surface area contributed by atoms with E-state index in [4.69, 9.17) is 5.73 Å². The summed E-state index contributed by atoms with van der Waals surface area (Å²) in [6, 6.07) is 6.74. The second-order valence-corrected chi connectivity index (χ2v) is 5.60. The zero-order valence-corrected chi connectivity index (χ0v) is 11.7. The predicted octanol–water partition coefficient (Wildman–Crippen LogP) is 1.82. The van der Waals surface area contributed by atoms with Crippen molar-refractivity contribution in [2.75, 3.05) is 13.1 Å². The topological polar surface area (TPSA) is 55.1 Å². The third-order valence-corrected chi connectivity index (χ3v) is 3.83. The molecule has 0 fully saturated rings. The summed E-state index contributed by atoms with van der Waals surface area (Å²) in [6.45, 7) is 3.28. The highest BCUT2D eigenvalue weighted by atomic mass is 16.1. The van der Waals surface area contributed by atoms with E-state index in [1.807, 2.05) is 6.92 Å². The molecule has 0 saturated carbocycles. The number of amides is 1. The van der Waals surface area contributed by atoms with Crippen molar-refractivity contribution in [3.8, 4) is 0 Å². The van der Waals surface area contributed by atoms with Crippen LogP contribution >= 0.6 is 0 Å². The van der Waals surface area contributed by atoms with Crippen molar-refractivity contribution in [1.82, 2.24) is 5.32 Å². The molecule has 0 spiro atoms. The van der Waals surface area contributed by atoms with Crippen LogP contribution in [0.3, 0.4) is 0 Å². The van der Waals surface area contributed by atoms with Gasteiger partial charge in [-0.25, -0.2) is 0 Å². The van der Waals surface area contributed by atoms with Gasteiger partial charge in [0, 0.05) is 13.0 Å². The van der Waals surface area contributed by atoms with Crippen LogP contribution in [0.25, 0.3) is 0 Å². The standard InChI is InChI=1S/C16H24N2O/c1-12(11-17)9-16(19)18-8-7-13-5-6-14-3-2-4-15(14)10-13/h5-6,10,12H,2-4,7-9,11,17H2,1H3,(H,18,19). The first kappa shape index (κ1) is 14.1. The molecule has 0 aliphatic heterocycles. The van der Waals surface area contributed by atoms with Gasteiger partial charge < -0.3 is 11.1 Å². The Bertz CT molecular complexity index is 442. The third kappa shape index (κ3) is 4.06. The average molecular weight is 260 g/mol. The predicted molar refractivity (Wildman–Crippen MR) is 78.0 cm³/mol. The summed E-state index contributed by atoms with van der Waals surface area (Å²) < 4.78 is 0. The SMILES string of the molecule is CC(CN)CC(=O)NCCc1ccc2c(c1)CCC2. The van der Waals surface area contributed by atoms with E-state index in [-0.39, 0.29) is 11.8 Å². The number of nitrogens with two attached hydrogens (primary N) is 1. The number of nitrogens with one attached hydrogen (secondary N) is 1. The van der Waals surface area contributed by atoms with E-state index in [0.717, 1.165) is 13.0 Å². The zero-order valence-electron chi connectivity index (χ0n) is 11.7. The van der Waals surface area contributed by atoms with Crippen LogP contribution in [0, 0.1) is 5.92 Å². The molecule has 3 heteroatoms. The lowest BCUT2D eigenvalue weighted by molar-refractivity contribution is -0.121. The zero-order chi connectivity index (χ0) is 13.7. The lowest BCUT2D eigenvalue weighted by Gasteiger charge is -2.09. The third-order valence-electron chi connectivity index (χ3n) is 3.83. The van der Waals surface area contributed by atoms with Gasteiger partial charge in [0.2, 0.25) is 5.91 Å². The first-order chi connectivity index (χ1) is 9.19. The summed E-state index contributed by atoms with van der Waals surface area (Å²) in [4.78, 5) is 11.6. The molecule has 3 nitrogen and oxygen atoms in total. The Labute approximate surface area is 115 Å². The van der Waals surface area contributed by atoms with Crippen LogP contribution in [-0.4, -0.2) is 19.0 Å². The Morgan fingerprint density at radius 2 is 2.16 bits per heavy atom. The highest BCUT2D eigenvalue weighted by molar-refractivity contribution is 5.76. The summed E-state index contributed by atoms with van der Waals surface area (Å²) in [7, 11) is 0. The number of carbonyl (C=O) groups is 1. The van der Waals surface area contributed by atoms with Gasteiger partial charge in [-0.15, -0.1) is 0 Å². The summed E-state index contributed by atoms with van der Waals surface area (Å²) >= 11 is 0. The van der Waals surface area contributed by atoms with E-state index in [0.29, 0.717) is 13.0 Å². The Balaban J connectivity index is 1.75. The normalized spacial score (nSPS) is 15.1. The summed E-state index contributed by atoms with van der Waals surface area (Å²) in [5, 5.41) is 2.97. The van der Waals surface area contributed by atoms with Crippen LogP contribution < -0.4 is 11.1 Å². The molecule has 3 N–H and O–H groups in total. The summed E-state index contributed by atoms with van der Waals surface area (Å²) in [5.41, 5.74) is 9.84. The molecule has 1 aromatic carbocycles. The second-order valence-electron chi connectivity index (χ2n) is 5.60. The highest BCUT2D eigenvalue weighted by Crippen LogP contribution is 2.22. The van der Waals surface area contributed by atoms with Crippen molar-refractivity contribution in [3.05, 3.63) is 34.9 Å². The molecule has 1 aromatic rings. The lowest BCUT2D eigenvalue weighted by Crippen LogP contribution is -2.28. The fourth-order valence-corrected chi connectivity index (χ4v) is 2.60. The number of carbonyl (C=O) groups excluding carboxylic acids is 1. The Hall–Kier alpha value is -1.35. The summed E-state index contributed by atoms with van der Waals surface area (Å²) in [5.74, 6) is 0.374. The van der Waals surface area contributed by atoms with E-state index >= 15 is 0 Å². The van der Waals surface area contributed by atoms with Crippen LogP contribution in [-0.2, 0) is 24.1 Å². The molecular weight excluding hydrogens is 236 g/mol. The minimum Gasteiger partial charge on any atom is -0.356 e. The first-order valence-corrected chi connectivity index (χ1v) is 7.26. The van der Waals surface area contributed by atoms with Gasteiger partial charge in [0.25, 0.3) is 0 Å². The molecule has 1 aliphatic rings. The molecule has 19 heavy (non-hydrogen) atoms. The van der Waals surface area contributed by atoms with E-state index in [1.165, 1.54) is 36.0 Å². The Morgan fingerprint density at radius 3 is 2.95 bits per heavy atom. The van der Waals surface area contributed by atoms with Gasteiger partial charge in [0.15, 0.2) is 0 Å². The minimum absolute atomic E-state index is 0.110. The Kier molecular flexibility index (Phi) is 4.97. The van der Waals surface area contributed by atoms with Gasteiger partial charge in [-0.1, -0.05) is 25.1 Å². The van der Waals surface area contributed by atoms with Crippen molar-refractivity contribution < 1.29 is 4.79 Å². The van der Waals surface area contributed by atoms with Crippen molar-refractivity contribution in [3.63, 3.8) is 0 Å². The molecule has 1 unspecified atom stereocenters. The van der Waals surface area contributed by atoms with Crippen molar-refractivity contribution in [1.29, 1.82) is 0 Å². The minimum atomic E-state index is 0.110. The van der Waals surface area contributed by atoms with E-state index in [1.54, 1.807) is 0 Å². The number of fused-ring (bicyclic) bond motifs is 1. The number of benzene rings is 1. The van der Waals surface area contributed by atoms with E-state index < -0.39 is 0 Å².